The molecule has 0 aliphatic heterocycles. The topological polar surface area (TPSA) is 67.4 Å². The van der Waals surface area contributed by atoms with Crippen LogP contribution >= 0.6 is 0 Å². The SMILES string of the molecule is Cc1ccccc1C1(CNC(=O)CC(C)(C)NC(=O)OC(C)(C)C)CC1. The molecule has 1 aromatic carbocycles. The second kappa shape index (κ2) is 7.29. The van der Waals surface area contributed by atoms with E-state index in [0.29, 0.717) is 6.54 Å². The minimum atomic E-state index is -0.675. The van der Waals surface area contributed by atoms with Gasteiger partial charge in [0, 0.05) is 23.9 Å². The fraction of sp³-hybridized carbons (Fsp3) is 0.619. The molecule has 0 unspecified atom stereocenters. The van der Waals surface area contributed by atoms with Gasteiger partial charge in [-0.05, 0) is 65.5 Å². The standard InChI is InChI=1S/C21H32N2O3/c1-15-9-7-8-10-16(15)21(11-12-21)14-22-17(24)13-20(5,6)23-18(25)26-19(2,3)4/h7-10H,11-14H2,1-6H3,(H,22,24)(H,23,25). The number of nitrogens with one attached hydrogen (secondary N) is 2. The van der Waals surface area contributed by atoms with Gasteiger partial charge in [-0.15, -0.1) is 0 Å². The van der Waals surface area contributed by atoms with Crippen LogP contribution in [0.15, 0.2) is 24.3 Å². The zero-order valence-electron chi connectivity index (χ0n) is 16.9. The Kier molecular flexibility index (Phi) is 5.69. The lowest BCUT2D eigenvalue weighted by atomic mass is 9.91. The average Bonchev–Trinajstić information content (AvgIpc) is 3.23. The van der Waals surface area contributed by atoms with Crippen molar-refractivity contribution in [1.29, 1.82) is 0 Å². The summed E-state index contributed by atoms with van der Waals surface area (Å²) in [7, 11) is 0. The second-order valence-electron chi connectivity index (χ2n) is 9.06. The molecule has 0 saturated heterocycles. The molecule has 1 fully saturated rings. The van der Waals surface area contributed by atoms with Gasteiger partial charge in [-0.1, -0.05) is 24.3 Å². The Morgan fingerprint density at radius 3 is 2.27 bits per heavy atom. The van der Waals surface area contributed by atoms with Crippen molar-refractivity contribution >= 4 is 12.0 Å². The van der Waals surface area contributed by atoms with E-state index in [1.165, 1.54) is 11.1 Å². The molecule has 2 N–H and O–H groups in total. The zero-order chi connectivity index (χ0) is 19.6. The van der Waals surface area contributed by atoms with Crippen LogP contribution in [0.25, 0.3) is 0 Å². The van der Waals surface area contributed by atoms with E-state index in [-0.39, 0.29) is 17.7 Å². The maximum atomic E-state index is 12.4. The summed E-state index contributed by atoms with van der Waals surface area (Å²) in [5.41, 5.74) is 1.43. The van der Waals surface area contributed by atoms with E-state index in [9.17, 15) is 9.59 Å². The maximum absolute atomic E-state index is 12.4. The third kappa shape index (κ3) is 5.75. The van der Waals surface area contributed by atoms with Crippen molar-refractivity contribution in [2.45, 2.75) is 77.4 Å². The first-order chi connectivity index (χ1) is 11.9. The van der Waals surface area contributed by atoms with Crippen molar-refractivity contribution < 1.29 is 14.3 Å². The van der Waals surface area contributed by atoms with Crippen LogP contribution in [0.4, 0.5) is 4.79 Å². The van der Waals surface area contributed by atoms with Crippen LogP contribution in [-0.4, -0.2) is 29.7 Å². The normalized spacial score (nSPS) is 15.9. The van der Waals surface area contributed by atoms with E-state index in [1.807, 2.05) is 40.7 Å². The molecule has 0 spiro atoms. The highest BCUT2D eigenvalue weighted by Crippen LogP contribution is 2.48. The minimum Gasteiger partial charge on any atom is -0.444 e. The number of hydrogen-bond acceptors (Lipinski definition) is 3. The van der Waals surface area contributed by atoms with Crippen LogP contribution in [0.2, 0.25) is 0 Å². The van der Waals surface area contributed by atoms with E-state index in [4.69, 9.17) is 4.74 Å². The van der Waals surface area contributed by atoms with Crippen molar-refractivity contribution in [2.75, 3.05) is 6.54 Å². The number of rotatable bonds is 6. The number of hydrogen-bond donors (Lipinski definition) is 2. The Bertz CT molecular complexity index is 670. The van der Waals surface area contributed by atoms with Crippen molar-refractivity contribution in [2.24, 2.45) is 0 Å². The van der Waals surface area contributed by atoms with Crippen molar-refractivity contribution in [1.82, 2.24) is 10.6 Å². The molecule has 0 radical (unpaired) electrons. The van der Waals surface area contributed by atoms with Crippen LogP contribution in [0.5, 0.6) is 0 Å². The van der Waals surface area contributed by atoms with Gasteiger partial charge in [0.05, 0.1) is 0 Å². The minimum absolute atomic E-state index is 0.0640. The third-order valence-corrected chi connectivity index (χ3v) is 4.64. The molecule has 144 valence electrons. The van der Waals surface area contributed by atoms with E-state index in [0.717, 1.165) is 12.8 Å². The van der Waals surface area contributed by atoms with Gasteiger partial charge in [0.2, 0.25) is 5.91 Å². The summed E-state index contributed by atoms with van der Waals surface area (Å²) < 4.78 is 5.27. The summed E-state index contributed by atoms with van der Waals surface area (Å²) in [5, 5.41) is 5.83. The number of alkyl carbamates (subject to hydrolysis) is 1. The summed E-state index contributed by atoms with van der Waals surface area (Å²) >= 11 is 0. The highest BCUT2D eigenvalue weighted by atomic mass is 16.6. The highest BCUT2D eigenvalue weighted by molar-refractivity contribution is 5.78. The lowest BCUT2D eigenvalue weighted by Gasteiger charge is -2.28. The van der Waals surface area contributed by atoms with Crippen LogP contribution in [-0.2, 0) is 14.9 Å². The van der Waals surface area contributed by atoms with Crippen molar-refractivity contribution in [3.63, 3.8) is 0 Å². The third-order valence-electron chi connectivity index (χ3n) is 4.64. The molecule has 1 aliphatic carbocycles. The Hall–Kier alpha value is -2.04. The molecule has 2 amide bonds. The Morgan fingerprint density at radius 2 is 1.73 bits per heavy atom. The van der Waals surface area contributed by atoms with Crippen molar-refractivity contribution in [3.8, 4) is 0 Å². The molecule has 5 nitrogen and oxygen atoms in total. The maximum Gasteiger partial charge on any atom is 0.408 e. The van der Waals surface area contributed by atoms with Gasteiger partial charge in [-0.3, -0.25) is 4.79 Å². The molecule has 26 heavy (non-hydrogen) atoms. The number of amides is 2. The predicted octanol–water partition coefficient (Wildman–Crippen LogP) is 3.84. The second-order valence-corrected chi connectivity index (χ2v) is 9.06. The summed E-state index contributed by atoms with van der Waals surface area (Å²) in [6.45, 7) is 11.8. The molecule has 1 aliphatic rings. The molecule has 0 atom stereocenters. The lowest BCUT2D eigenvalue weighted by molar-refractivity contribution is -0.122. The summed E-state index contributed by atoms with van der Waals surface area (Å²) in [4.78, 5) is 24.4. The molecular formula is C21H32N2O3. The average molecular weight is 360 g/mol. The smallest absolute Gasteiger partial charge is 0.408 e. The number of ether oxygens (including phenoxy) is 1. The molecule has 2 rings (SSSR count). The van der Waals surface area contributed by atoms with Gasteiger partial charge < -0.3 is 15.4 Å². The predicted molar refractivity (Wildman–Crippen MR) is 103 cm³/mol. The van der Waals surface area contributed by atoms with Crippen LogP contribution in [0.1, 0.15) is 65.0 Å². The van der Waals surface area contributed by atoms with E-state index < -0.39 is 17.2 Å². The number of benzene rings is 1. The van der Waals surface area contributed by atoms with Crippen LogP contribution in [0, 0.1) is 6.92 Å². The highest BCUT2D eigenvalue weighted by Gasteiger charge is 2.45. The molecule has 0 aromatic heterocycles. The first kappa shape index (κ1) is 20.3. The number of carbonyl (C=O) groups is 2. The molecule has 5 heteroatoms. The number of carbonyl (C=O) groups excluding carboxylic acids is 2. The first-order valence-electron chi connectivity index (χ1n) is 9.27. The van der Waals surface area contributed by atoms with Gasteiger partial charge in [0.1, 0.15) is 5.60 Å². The molecule has 0 bridgehead atoms. The van der Waals surface area contributed by atoms with Crippen LogP contribution < -0.4 is 10.6 Å². The van der Waals surface area contributed by atoms with Gasteiger partial charge in [0.15, 0.2) is 0 Å². The zero-order valence-corrected chi connectivity index (χ0v) is 16.9. The fourth-order valence-corrected chi connectivity index (χ4v) is 3.22. The van der Waals surface area contributed by atoms with Gasteiger partial charge >= 0.3 is 6.09 Å². The Morgan fingerprint density at radius 1 is 1.12 bits per heavy atom. The van der Waals surface area contributed by atoms with Gasteiger partial charge in [-0.2, -0.15) is 0 Å². The first-order valence-corrected chi connectivity index (χ1v) is 9.27. The largest absolute Gasteiger partial charge is 0.444 e. The molecule has 0 heterocycles. The summed E-state index contributed by atoms with van der Waals surface area (Å²) in [6, 6.07) is 8.37. The molecule has 1 aromatic rings. The van der Waals surface area contributed by atoms with Crippen molar-refractivity contribution in [3.05, 3.63) is 35.4 Å². The Labute approximate surface area is 156 Å². The summed E-state index contributed by atoms with van der Waals surface area (Å²) in [6.07, 6.45) is 1.89. The number of aryl methyl sites for hydroxylation is 1. The van der Waals surface area contributed by atoms with E-state index in [1.54, 1.807) is 0 Å². The van der Waals surface area contributed by atoms with E-state index in [2.05, 4.69) is 35.8 Å². The van der Waals surface area contributed by atoms with Gasteiger partial charge in [0.25, 0.3) is 0 Å². The van der Waals surface area contributed by atoms with E-state index >= 15 is 0 Å². The quantitative estimate of drug-likeness (QED) is 0.810. The monoisotopic (exact) mass is 360 g/mol. The molecule has 1 saturated carbocycles. The van der Waals surface area contributed by atoms with Crippen LogP contribution in [0.3, 0.4) is 0 Å². The Balaban J connectivity index is 1.86. The fourth-order valence-electron chi connectivity index (χ4n) is 3.22. The van der Waals surface area contributed by atoms with Gasteiger partial charge in [-0.25, -0.2) is 4.79 Å². The lowest BCUT2D eigenvalue weighted by Crippen LogP contribution is -2.49. The molecular weight excluding hydrogens is 328 g/mol. The summed E-state index contributed by atoms with van der Waals surface area (Å²) in [5.74, 6) is -0.0640.